The molecule has 220 valence electrons. The van der Waals surface area contributed by atoms with Gasteiger partial charge >= 0.3 is 0 Å². The highest BCUT2D eigenvalue weighted by Crippen LogP contribution is 2.73. The molecule has 8 rings (SSSR count). The van der Waals surface area contributed by atoms with Crippen LogP contribution in [0.1, 0.15) is 50.6 Å². The van der Waals surface area contributed by atoms with Crippen LogP contribution in [0.3, 0.4) is 0 Å². The molecule has 0 aliphatic heterocycles. The van der Waals surface area contributed by atoms with Crippen LogP contribution in [0.2, 0.25) is 0 Å². The second-order valence-corrected chi connectivity index (χ2v) is 14.0. The number of benzene rings is 1. The van der Waals surface area contributed by atoms with E-state index in [1.165, 1.54) is 16.7 Å². The fraction of sp³-hybridized carbons (Fsp3) is 0.571. The van der Waals surface area contributed by atoms with E-state index in [2.05, 4.69) is 75.7 Å². The van der Waals surface area contributed by atoms with Gasteiger partial charge in [-0.25, -0.2) is 0 Å². The summed E-state index contributed by atoms with van der Waals surface area (Å²) in [5.74, 6) is 7.48. The van der Waals surface area contributed by atoms with Crippen LogP contribution < -0.4 is 11.1 Å². The van der Waals surface area contributed by atoms with E-state index in [4.69, 9.17) is 5.73 Å². The third-order valence-corrected chi connectivity index (χ3v) is 12.4. The average Bonchev–Trinajstić information content (AvgIpc) is 3.47. The molecule has 42 heavy (non-hydrogen) atoms. The number of allylic oxidation sites excluding steroid dienone is 3. The van der Waals surface area contributed by atoms with Gasteiger partial charge in [0.05, 0.1) is 23.3 Å². The first-order valence-corrected chi connectivity index (χ1v) is 15.8. The number of fused-ring (bicyclic) bond motifs is 2. The van der Waals surface area contributed by atoms with Gasteiger partial charge in [-0.15, -0.1) is 0 Å². The molecule has 1 spiro atoms. The number of aromatic amines is 1. The van der Waals surface area contributed by atoms with Crippen LogP contribution in [-0.4, -0.2) is 56.7 Å². The lowest BCUT2D eigenvalue weighted by Crippen LogP contribution is -2.58. The summed E-state index contributed by atoms with van der Waals surface area (Å²) in [6.07, 6.45) is 11.9. The van der Waals surface area contributed by atoms with Crippen LogP contribution in [0.25, 0.3) is 10.9 Å². The number of aliphatic hydroxyl groups excluding tert-OH is 1. The maximum atomic E-state index is 12.7. The molecular weight excluding hydrogens is 524 g/mol. The van der Waals surface area contributed by atoms with Gasteiger partial charge in [-0.05, 0) is 85.6 Å². The summed E-state index contributed by atoms with van der Waals surface area (Å²) >= 11 is 0. The van der Waals surface area contributed by atoms with E-state index in [1.807, 2.05) is 0 Å². The highest BCUT2D eigenvalue weighted by atomic mass is 16.3. The topological polar surface area (TPSA) is 127 Å². The molecular formula is C35H42N4O3. The number of nitrogens with two attached hydrogens (primary N) is 1. The van der Waals surface area contributed by atoms with Crippen molar-refractivity contribution in [3.05, 3.63) is 59.8 Å². The van der Waals surface area contributed by atoms with Crippen molar-refractivity contribution in [3.8, 4) is 11.8 Å². The zero-order chi connectivity index (χ0) is 28.9. The van der Waals surface area contributed by atoms with Gasteiger partial charge in [-0.3, -0.25) is 4.99 Å². The molecule has 0 saturated heterocycles. The van der Waals surface area contributed by atoms with Crippen molar-refractivity contribution in [2.75, 3.05) is 7.05 Å². The van der Waals surface area contributed by atoms with Gasteiger partial charge in [-0.1, -0.05) is 53.8 Å². The molecule has 6 aliphatic carbocycles. The lowest BCUT2D eigenvalue weighted by Gasteiger charge is -2.60. The Hall–Kier alpha value is -3.05. The maximum absolute atomic E-state index is 12.7. The lowest BCUT2D eigenvalue weighted by atomic mass is 9.44. The second kappa shape index (κ2) is 9.22. The van der Waals surface area contributed by atoms with E-state index in [0.29, 0.717) is 12.8 Å². The van der Waals surface area contributed by atoms with E-state index in [1.54, 1.807) is 7.05 Å². The molecule has 11 unspecified atom stereocenters. The van der Waals surface area contributed by atoms with E-state index in [0.717, 1.165) is 37.6 Å². The minimum absolute atomic E-state index is 0.0645. The van der Waals surface area contributed by atoms with Crippen LogP contribution in [0.4, 0.5) is 0 Å². The van der Waals surface area contributed by atoms with Crippen molar-refractivity contribution < 1.29 is 15.3 Å². The number of aliphatic imine (C=N–C) groups is 1. The molecule has 11 atom stereocenters. The van der Waals surface area contributed by atoms with Crippen LogP contribution in [-0.2, 0) is 6.42 Å². The number of rotatable bonds is 3. The second-order valence-electron chi connectivity index (χ2n) is 14.0. The van der Waals surface area contributed by atoms with Crippen molar-refractivity contribution in [1.29, 1.82) is 0 Å². The number of aromatic nitrogens is 1. The summed E-state index contributed by atoms with van der Waals surface area (Å²) in [6.45, 7) is 0. The number of nitrogens with one attached hydrogen (secondary N) is 2. The lowest BCUT2D eigenvalue weighted by molar-refractivity contribution is -0.131. The van der Waals surface area contributed by atoms with Gasteiger partial charge in [0.15, 0.2) is 5.96 Å². The van der Waals surface area contributed by atoms with Gasteiger partial charge in [0.1, 0.15) is 0 Å². The molecule has 1 aromatic heterocycles. The Morgan fingerprint density at radius 1 is 1.12 bits per heavy atom. The van der Waals surface area contributed by atoms with Crippen LogP contribution >= 0.6 is 0 Å². The predicted octanol–water partition coefficient (Wildman–Crippen LogP) is 3.42. The fourth-order valence-electron chi connectivity index (χ4n) is 11.0. The SMILES string of the molecule is CN=C(N)NC1C#CC2CCC=C(Cc3cc4ccccc4[nH]3)C23C2C=CCC4(O)C5CC(O)C(O)(C1)C5C3CCC24. The number of aliphatic hydroxyl groups is 3. The zero-order valence-electron chi connectivity index (χ0n) is 24.3. The molecule has 1 aromatic carbocycles. The van der Waals surface area contributed by atoms with Crippen molar-refractivity contribution in [2.24, 2.45) is 51.6 Å². The highest BCUT2D eigenvalue weighted by Gasteiger charge is 2.74. The average molecular weight is 567 g/mol. The molecule has 3 saturated carbocycles. The number of para-hydroxylation sites is 1. The Morgan fingerprint density at radius 3 is 2.79 bits per heavy atom. The van der Waals surface area contributed by atoms with E-state index >= 15 is 0 Å². The molecule has 3 fully saturated rings. The summed E-state index contributed by atoms with van der Waals surface area (Å²) < 4.78 is 0. The first-order chi connectivity index (χ1) is 20.3. The monoisotopic (exact) mass is 566 g/mol. The number of hydrogen-bond donors (Lipinski definition) is 6. The van der Waals surface area contributed by atoms with Gasteiger partial charge in [0.2, 0.25) is 0 Å². The highest BCUT2D eigenvalue weighted by molar-refractivity contribution is 5.80. The van der Waals surface area contributed by atoms with Crippen molar-refractivity contribution in [2.45, 2.75) is 74.7 Å². The maximum Gasteiger partial charge on any atom is 0.189 e. The standard InChI is InChI=1S/C35H42N4O3/c1-37-32(36)39-23-12-11-21-7-4-8-22(17-24-16-20-6-2-3-10-29(20)38-24)35(21)26-9-5-15-33(41)25(26)13-14-27(35)31-28(33)18-30(40)34(31,42)19-23/h2-3,5-6,8-10,16,21,23,25-28,30-31,38,40-42H,4,7,13-15,17-19H2,1H3,(H3,36,37,39). The minimum atomic E-state index is -1.40. The Morgan fingerprint density at radius 2 is 1.95 bits per heavy atom. The summed E-state index contributed by atoms with van der Waals surface area (Å²) in [4.78, 5) is 7.79. The minimum Gasteiger partial charge on any atom is -0.390 e. The molecule has 0 radical (unpaired) electrons. The molecule has 0 amide bonds. The predicted molar refractivity (Wildman–Crippen MR) is 163 cm³/mol. The summed E-state index contributed by atoms with van der Waals surface area (Å²) in [5, 5.41) is 41.6. The molecule has 6 bridgehead atoms. The van der Waals surface area contributed by atoms with Crippen molar-refractivity contribution in [1.82, 2.24) is 10.3 Å². The van der Waals surface area contributed by atoms with Crippen molar-refractivity contribution >= 4 is 16.9 Å². The fourth-order valence-corrected chi connectivity index (χ4v) is 11.0. The van der Waals surface area contributed by atoms with Crippen LogP contribution in [0.5, 0.6) is 0 Å². The zero-order valence-corrected chi connectivity index (χ0v) is 24.3. The van der Waals surface area contributed by atoms with Crippen molar-refractivity contribution in [3.63, 3.8) is 0 Å². The number of guanidine groups is 1. The molecule has 7 heteroatoms. The molecule has 7 N–H and O–H groups in total. The smallest absolute Gasteiger partial charge is 0.189 e. The first kappa shape index (κ1) is 26.6. The summed E-state index contributed by atoms with van der Waals surface area (Å²) in [7, 11) is 1.64. The molecule has 2 aromatic rings. The van der Waals surface area contributed by atoms with Gasteiger partial charge in [0, 0.05) is 42.4 Å². The largest absolute Gasteiger partial charge is 0.390 e. The van der Waals surface area contributed by atoms with Gasteiger partial charge in [0.25, 0.3) is 0 Å². The third-order valence-electron chi connectivity index (χ3n) is 12.4. The summed E-state index contributed by atoms with van der Waals surface area (Å²) in [6, 6.07) is 10.2. The molecule has 7 nitrogen and oxygen atoms in total. The Kier molecular flexibility index (Phi) is 5.83. The quantitative estimate of drug-likeness (QED) is 0.147. The van der Waals surface area contributed by atoms with E-state index < -0.39 is 23.3 Å². The normalized spacial score (nSPS) is 45.1. The number of nitrogens with zero attached hydrogens (tertiary/aromatic N) is 1. The molecule has 1 heterocycles. The molecule has 6 aliphatic rings. The van der Waals surface area contributed by atoms with Gasteiger partial charge in [-0.2, -0.15) is 0 Å². The Labute approximate surface area is 247 Å². The summed E-state index contributed by atoms with van der Waals surface area (Å²) in [5.41, 5.74) is 7.15. The van der Waals surface area contributed by atoms with E-state index in [9.17, 15) is 15.3 Å². The van der Waals surface area contributed by atoms with Crippen LogP contribution in [0, 0.1) is 52.8 Å². The number of H-pyrrole nitrogens is 1. The third kappa shape index (κ3) is 3.43. The number of hydrogen-bond acceptors (Lipinski definition) is 4. The first-order valence-electron chi connectivity index (χ1n) is 15.8. The van der Waals surface area contributed by atoms with Gasteiger partial charge < -0.3 is 31.4 Å². The Bertz CT molecular complexity index is 1550. The van der Waals surface area contributed by atoms with E-state index in [-0.39, 0.29) is 53.3 Å². The Balaban J connectivity index is 1.36. The van der Waals surface area contributed by atoms with Crippen LogP contribution in [0.15, 0.2) is 59.1 Å².